The van der Waals surface area contributed by atoms with Crippen molar-refractivity contribution in [3.63, 3.8) is 0 Å². The van der Waals surface area contributed by atoms with Crippen molar-refractivity contribution >= 4 is 0 Å². The summed E-state index contributed by atoms with van der Waals surface area (Å²) in [6.45, 7) is 2.07. The highest BCUT2D eigenvalue weighted by Crippen LogP contribution is 2.32. The van der Waals surface area contributed by atoms with Gasteiger partial charge < -0.3 is 10.4 Å². The van der Waals surface area contributed by atoms with Crippen molar-refractivity contribution in [2.45, 2.75) is 51.0 Å². The maximum absolute atomic E-state index is 8.70. The third-order valence-electron chi connectivity index (χ3n) is 3.90. The second-order valence-electron chi connectivity index (χ2n) is 5.33. The van der Waals surface area contributed by atoms with E-state index >= 15 is 0 Å². The van der Waals surface area contributed by atoms with Gasteiger partial charge in [0.1, 0.15) is 0 Å². The zero-order valence-corrected chi connectivity index (χ0v) is 11.2. The molecule has 1 aliphatic rings. The second-order valence-corrected chi connectivity index (χ2v) is 5.33. The minimum atomic E-state index is 0.271. The molecule has 0 aromatic heterocycles. The highest BCUT2D eigenvalue weighted by molar-refractivity contribution is 5.25. The van der Waals surface area contributed by atoms with Crippen LogP contribution in [0.4, 0.5) is 0 Å². The van der Waals surface area contributed by atoms with Crippen molar-refractivity contribution in [2.24, 2.45) is 0 Å². The van der Waals surface area contributed by atoms with E-state index < -0.39 is 0 Å². The van der Waals surface area contributed by atoms with Crippen LogP contribution < -0.4 is 5.32 Å². The molecule has 1 aliphatic carbocycles. The lowest BCUT2D eigenvalue weighted by Gasteiger charge is -2.22. The number of rotatable bonds is 6. The Hall–Kier alpha value is -0.860. The number of aliphatic hydroxyl groups excluding tert-OH is 1. The van der Waals surface area contributed by atoms with E-state index in [1.165, 1.54) is 43.2 Å². The van der Waals surface area contributed by atoms with Crippen LogP contribution in [0.25, 0.3) is 0 Å². The molecule has 1 aromatic carbocycles. The topological polar surface area (TPSA) is 32.3 Å². The van der Waals surface area contributed by atoms with Crippen LogP contribution in [-0.4, -0.2) is 18.3 Å². The molecule has 0 amide bonds. The Morgan fingerprint density at radius 3 is 2.44 bits per heavy atom. The predicted octanol–water partition coefficient (Wildman–Crippen LogP) is 3.21. The van der Waals surface area contributed by atoms with Gasteiger partial charge in [0.25, 0.3) is 0 Å². The van der Waals surface area contributed by atoms with Crippen LogP contribution in [0.1, 0.15) is 55.6 Å². The minimum Gasteiger partial charge on any atom is -0.396 e. The predicted molar refractivity (Wildman–Crippen MR) is 75.7 cm³/mol. The summed E-state index contributed by atoms with van der Waals surface area (Å²) in [5.74, 6) is 0.801. The molecule has 0 unspecified atom stereocenters. The number of hydrogen-bond donors (Lipinski definition) is 2. The first-order chi connectivity index (χ1) is 8.90. The van der Waals surface area contributed by atoms with Crippen molar-refractivity contribution in [3.8, 4) is 0 Å². The molecule has 0 atom stereocenters. The maximum atomic E-state index is 8.70. The summed E-state index contributed by atoms with van der Waals surface area (Å²) >= 11 is 0. The summed E-state index contributed by atoms with van der Waals surface area (Å²) in [6.07, 6.45) is 7.79. The van der Waals surface area contributed by atoms with Crippen molar-refractivity contribution in [1.82, 2.24) is 5.32 Å². The van der Waals surface area contributed by atoms with E-state index in [1.54, 1.807) is 0 Å². The molecule has 0 spiro atoms. The molecule has 0 bridgehead atoms. The van der Waals surface area contributed by atoms with Gasteiger partial charge in [0, 0.05) is 13.2 Å². The summed E-state index contributed by atoms with van der Waals surface area (Å²) in [5.41, 5.74) is 2.86. The molecule has 0 heterocycles. The lowest BCUT2D eigenvalue weighted by molar-refractivity contribution is 0.286. The van der Waals surface area contributed by atoms with Crippen LogP contribution >= 0.6 is 0 Å². The number of aliphatic hydroxyl groups is 1. The second kappa shape index (κ2) is 7.55. The molecule has 2 nitrogen and oxygen atoms in total. The number of benzene rings is 1. The molecule has 0 radical (unpaired) electrons. The molecule has 0 aliphatic heterocycles. The quantitative estimate of drug-likeness (QED) is 0.757. The Morgan fingerprint density at radius 2 is 1.78 bits per heavy atom. The van der Waals surface area contributed by atoms with Crippen LogP contribution in [-0.2, 0) is 6.54 Å². The SMILES string of the molecule is OCCCNCc1ccc(C2CCCCC2)cc1. The van der Waals surface area contributed by atoms with E-state index in [-0.39, 0.29) is 6.61 Å². The van der Waals surface area contributed by atoms with Crippen molar-refractivity contribution in [3.05, 3.63) is 35.4 Å². The zero-order chi connectivity index (χ0) is 12.6. The Labute approximate surface area is 110 Å². The van der Waals surface area contributed by atoms with Gasteiger partial charge in [0.2, 0.25) is 0 Å². The third-order valence-corrected chi connectivity index (χ3v) is 3.90. The highest BCUT2D eigenvalue weighted by Gasteiger charge is 2.14. The fourth-order valence-electron chi connectivity index (χ4n) is 2.78. The van der Waals surface area contributed by atoms with Crippen molar-refractivity contribution in [1.29, 1.82) is 0 Å². The molecule has 18 heavy (non-hydrogen) atoms. The Balaban J connectivity index is 1.81. The summed E-state index contributed by atoms with van der Waals surface area (Å²) in [6, 6.07) is 9.10. The molecule has 1 fully saturated rings. The van der Waals surface area contributed by atoms with E-state index in [9.17, 15) is 0 Å². The lowest BCUT2D eigenvalue weighted by Crippen LogP contribution is -2.15. The first-order valence-corrected chi connectivity index (χ1v) is 7.30. The van der Waals surface area contributed by atoms with Gasteiger partial charge in [0.15, 0.2) is 0 Å². The van der Waals surface area contributed by atoms with Crippen molar-refractivity contribution in [2.75, 3.05) is 13.2 Å². The van der Waals surface area contributed by atoms with Gasteiger partial charge in [-0.25, -0.2) is 0 Å². The zero-order valence-electron chi connectivity index (χ0n) is 11.2. The van der Waals surface area contributed by atoms with Gasteiger partial charge in [-0.15, -0.1) is 0 Å². The molecule has 1 aromatic rings. The van der Waals surface area contributed by atoms with Gasteiger partial charge in [-0.1, -0.05) is 43.5 Å². The third kappa shape index (κ3) is 4.11. The maximum Gasteiger partial charge on any atom is 0.0443 e. The molecular formula is C16H25NO. The van der Waals surface area contributed by atoms with E-state index in [0.29, 0.717) is 0 Å². The fourth-order valence-corrected chi connectivity index (χ4v) is 2.78. The monoisotopic (exact) mass is 247 g/mol. The normalized spacial score (nSPS) is 16.9. The minimum absolute atomic E-state index is 0.271. The van der Waals surface area contributed by atoms with Gasteiger partial charge in [-0.2, -0.15) is 0 Å². The van der Waals surface area contributed by atoms with E-state index in [4.69, 9.17) is 5.11 Å². The van der Waals surface area contributed by atoms with Crippen LogP contribution in [0.2, 0.25) is 0 Å². The smallest absolute Gasteiger partial charge is 0.0443 e. The van der Waals surface area contributed by atoms with E-state index in [1.807, 2.05) is 0 Å². The van der Waals surface area contributed by atoms with E-state index in [0.717, 1.165) is 25.4 Å². The van der Waals surface area contributed by atoms with Gasteiger partial charge >= 0.3 is 0 Å². The molecule has 2 rings (SSSR count). The molecular weight excluding hydrogens is 222 g/mol. The summed E-state index contributed by atoms with van der Waals surface area (Å²) in [5, 5.41) is 12.0. The number of hydrogen-bond acceptors (Lipinski definition) is 2. The van der Waals surface area contributed by atoms with Gasteiger partial charge in [-0.05, 0) is 42.9 Å². The summed E-state index contributed by atoms with van der Waals surface area (Å²) in [4.78, 5) is 0. The standard InChI is InChI=1S/C16H25NO/c18-12-4-11-17-13-14-7-9-16(10-8-14)15-5-2-1-3-6-15/h7-10,15,17-18H,1-6,11-13H2. The average Bonchev–Trinajstić information content (AvgIpc) is 2.45. The number of nitrogens with one attached hydrogen (secondary N) is 1. The Kier molecular flexibility index (Phi) is 5.69. The highest BCUT2D eigenvalue weighted by atomic mass is 16.3. The first kappa shape index (κ1) is 13.6. The lowest BCUT2D eigenvalue weighted by atomic mass is 9.84. The summed E-state index contributed by atoms with van der Waals surface area (Å²) < 4.78 is 0. The van der Waals surface area contributed by atoms with Gasteiger partial charge in [-0.3, -0.25) is 0 Å². The van der Waals surface area contributed by atoms with E-state index in [2.05, 4.69) is 29.6 Å². The molecule has 2 N–H and O–H groups in total. The average molecular weight is 247 g/mol. The van der Waals surface area contributed by atoms with Crippen LogP contribution in [0.15, 0.2) is 24.3 Å². The first-order valence-electron chi connectivity index (χ1n) is 7.30. The van der Waals surface area contributed by atoms with Crippen molar-refractivity contribution < 1.29 is 5.11 Å². The molecule has 0 saturated heterocycles. The van der Waals surface area contributed by atoms with Crippen LogP contribution in [0.3, 0.4) is 0 Å². The molecule has 2 heteroatoms. The largest absolute Gasteiger partial charge is 0.396 e. The Morgan fingerprint density at radius 1 is 1.06 bits per heavy atom. The van der Waals surface area contributed by atoms with Crippen LogP contribution in [0, 0.1) is 0 Å². The molecule has 100 valence electrons. The van der Waals surface area contributed by atoms with Crippen LogP contribution in [0.5, 0.6) is 0 Å². The fraction of sp³-hybridized carbons (Fsp3) is 0.625. The Bertz CT molecular complexity index is 327. The molecule has 1 saturated carbocycles. The summed E-state index contributed by atoms with van der Waals surface area (Å²) in [7, 11) is 0. The van der Waals surface area contributed by atoms with Gasteiger partial charge in [0.05, 0.1) is 0 Å².